The molecule has 1 aliphatic rings. The van der Waals surface area contributed by atoms with Crippen LogP contribution < -0.4 is 5.32 Å². The van der Waals surface area contributed by atoms with Gasteiger partial charge >= 0.3 is 6.03 Å². The number of ether oxygens (including phenoxy) is 1. The number of halogens is 1. The molecule has 1 aliphatic heterocycles. The van der Waals surface area contributed by atoms with E-state index in [0.717, 1.165) is 5.56 Å². The van der Waals surface area contributed by atoms with Crippen LogP contribution in [0.25, 0.3) is 0 Å². The lowest BCUT2D eigenvalue weighted by molar-refractivity contribution is 0.102. The molecule has 0 unspecified atom stereocenters. The van der Waals surface area contributed by atoms with E-state index in [-0.39, 0.29) is 24.9 Å². The fourth-order valence-electron chi connectivity index (χ4n) is 2.57. The maximum atomic E-state index is 12.9. The average Bonchev–Trinajstić information content (AvgIpc) is 2.99. The van der Waals surface area contributed by atoms with Gasteiger partial charge < -0.3 is 15.0 Å². The summed E-state index contributed by atoms with van der Waals surface area (Å²) in [6, 6.07) is 5.55. The molecule has 1 aromatic carbocycles. The van der Waals surface area contributed by atoms with Crippen LogP contribution in [0.5, 0.6) is 0 Å². The summed E-state index contributed by atoms with van der Waals surface area (Å²) >= 11 is 0. The first-order chi connectivity index (χ1) is 10.8. The highest BCUT2D eigenvalue weighted by atomic mass is 32.2. The average molecular weight is 344 g/mol. The third kappa shape index (κ3) is 4.65. The van der Waals surface area contributed by atoms with E-state index in [1.807, 2.05) is 0 Å². The molecule has 2 atom stereocenters. The van der Waals surface area contributed by atoms with Gasteiger partial charge in [0.1, 0.15) is 5.82 Å². The molecule has 1 saturated heterocycles. The molecule has 1 heterocycles. The summed E-state index contributed by atoms with van der Waals surface area (Å²) in [5, 5.41) is 2.24. The standard InChI is InChI=1S/C15H21FN2O4S/c1-22-14(11-3-5-12(16)6-4-11)9-17-15(19)18-8-7-13(10-18)23(2,20)21/h3-6,13-14H,7-10H2,1-2H3,(H,17,19)/t13-,14-/m0/s1. The molecule has 0 saturated carbocycles. The number of benzene rings is 1. The van der Waals surface area contributed by atoms with Gasteiger partial charge in [-0.1, -0.05) is 12.1 Å². The molecule has 1 fully saturated rings. The second-order valence-corrected chi connectivity index (χ2v) is 7.97. The third-order valence-corrected chi connectivity index (χ3v) is 5.60. The Bertz CT molecular complexity index is 648. The van der Waals surface area contributed by atoms with Gasteiger partial charge in [0.15, 0.2) is 9.84 Å². The van der Waals surface area contributed by atoms with E-state index in [1.165, 1.54) is 30.4 Å². The zero-order valence-electron chi connectivity index (χ0n) is 13.2. The van der Waals surface area contributed by atoms with Crippen LogP contribution in [0, 0.1) is 5.82 Å². The van der Waals surface area contributed by atoms with E-state index >= 15 is 0 Å². The molecule has 1 aromatic rings. The van der Waals surface area contributed by atoms with Crippen LogP contribution >= 0.6 is 0 Å². The largest absolute Gasteiger partial charge is 0.375 e. The van der Waals surface area contributed by atoms with Gasteiger partial charge in [-0.2, -0.15) is 0 Å². The number of sulfone groups is 1. The zero-order valence-corrected chi connectivity index (χ0v) is 14.0. The first kappa shape index (κ1) is 17.7. The molecule has 23 heavy (non-hydrogen) atoms. The van der Waals surface area contributed by atoms with Gasteiger partial charge in [0, 0.05) is 33.0 Å². The lowest BCUT2D eigenvalue weighted by Crippen LogP contribution is -2.41. The van der Waals surface area contributed by atoms with E-state index in [4.69, 9.17) is 4.74 Å². The minimum absolute atomic E-state index is 0.207. The lowest BCUT2D eigenvalue weighted by atomic mass is 10.1. The SMILES string of the molecule is CO[C@@H](CNC(=O)N1CC[C@H](S(C)(=O)=O)C1)c1ccc(F)cc1. The van der Waals surface area contributed by atoms with Crippen LogP contribution in [0.3, 0.4) is 0 Å². The van der Waals surface area contributed by atoms with Gasteiger partial charge in [-0.3, -0.25) is 0 Å². The summed E-state index contributed by atoms with van der Waals surface area (Å²) in [6.07, 6.45) is 1.25. The normalized spacial score (nSPS) is 19.6. The van der Waals surface area contributed by atoms with Crippen LogP contribution in [0.15, 0.2) is 24.3 Å². The predicted octanol–water partition coefficient (Wildman–Crippen LogP) is 1.34. The van der Waals surface area contributed by atoms with E-state index in [0.29, 0.717) is 13.0 Å². The van der Waals surface area contributed by atoms with Crippen LogP contribution in [0.2, 0.25) is 0 Å². The molecular weight excluding hydrogens is 323 g/mol. The molecule has 0 aromatic heterocycles. The van der Waals surface area contributed by atoms with E-state index in [1.54, 1.807) is 12.1 Å². The number of nitrogens with one attached hydrogen (secondary N) is 1. The van der Waals surface area contributed by atoms with Gasteiger partial charge in [-0.15, -0.1) is 0 Å². The summed E-state index contributed by atoms with van der Waals surface area (Å²) in [6.45, 7) is 0.845. The van der Waals surface area contributed by atoms with E-state index < -0.39 is 21.2 Å². The Morgan fingerprint density at radius 2 is 2.09 bits per heavy atom. The Morgan fingerprint density at radius 3 is 2.61 bits per heavy atom. The molecule has 8 heteroatoms. The van der Waals surface area contributed by atoms with Crippen molar-refractivity contribution in [2.75, 3.05) is 33.0 Å². The van der Waals surface area contributed by atoms with Crippen molar-refractivity contribution in [3.05, 3.63) is 35.6 Å². The fraction of sp³-hybridized carbons (Fsp3) is 0.533. The highest BCUT2D eigenvalue weighted by Gasteiger charge is 2.32. The zero-order chi connectivity index (χ0) is 17.0. The molecule has 1 N–H and O–H groups in total. The number of nitrogens with zero attached hydrogens (tertiary/aromatic N) is 1. The first-order valence-corrected chi connectivity index (χ1v) is 9.26. The molecule has 6 nitrogen and oxygen atoms in total. The Kier molecular flexibility index (Phi) is 5.59. The minimum Gasteiger partial charge on any atom is -0.375 e. The molecule has 2 amide bonds. The summed E-state index contributed by atoms with van der Waals surface area (Å²) in [4.78, 5) is 13.6. The second kappa shape index (κ2) is 7.27. The highest BCUT2D eigenvalue weighted by molar-refractivity contribution is 7.91. The van der Waals surface area contributed by atoms with Gasteiger partial charge in [0.25, 0.3) is 0 Å². The number of methoxy groups -OCH3 is 1. The monoisotopic (exact) mass is 344 g/mol. The van der Waals surface area contributed by atoms with Crippen molar-refractivity contribution in [1.29, 1.82) is 0 Å². The van der Waals surface area contributed by atoms with Crippen molar-refractivity contribution in [1.82, 2.24) is 10.2 Å². The molecule has 2 rings (SSSR count). The molecule has 0 bridgehead atoms. The lowest BCUT2D eigenvalue weighted by Gasteiger charge is -2.21. The maximum Gasteiger partial charge on any atom is 0.317 e. The molecule has 0 spiro atoms. The molecule has 0 aliphatic carbocycles. The Labute approximate surface area is 135 Å². The van der Waals surface area contributed by atoms with Crippen LogP contribution in [-0.4, -0.2) is 57.6 Å². The number of amides is 2. The number of likely N-dealkylation sites (tertiary alicyclic amines) is 1. The molecule has 0 radical (unpaired) electrons. The fourth-order valence-corrected chi connectivity index (χ4v) is 3.55. The minimum atomic E-state index is -3.13. The van der Waals surface area contributed by atoms with Crippen LogP contribution in [-0.2, 0) is 14.6 Å². The number of hydrogen-bond acceptors (Lipinski definition) is 4. The Hall–Kier alpha value is -1.67. The number of rotatable bonds is 5. The van der Waals surface area contributed by atoms with Crippen molar-refractivity contribution >= 4 is 15.9 Å². The van der Waals surface area contributed by atoms with Gasteiger partial charge in [-0.25, -0.2) is 17.6 Å². The summed E-state index contributed by atoms with van der Waals surface area (Å²) in [7, 11) is -1.62. The van der Waals surface area contributed by atoms with Gasteiger partial charge in [0.05, 0.1) is 11.4 Å². The maximum absolute atomic E-state index is 12.9. The van der Waals surface area contributed by atoms with Gasteiger partial charge in [0.2, 0.25) is 0 Å². The number of hydrogen-bond donors (Lipinski definition) is 1. The van der Waals surface area contributed by atoms with Crippen molar-refractivity contribution in [2.45, 2.75) is 17.8 Å². The van der Waals surface area contributed by atoms with Crippen molar-refractivity contribution in [3.8, 4) is 0 Å². The Balaban J connectivity index is 1.89. The topological polar surface area (TPSA) is 75.7 Å². The number of urea groups is 1. The van der Waals surface area contributed by atoms with E-state index in [9.17, 15) is 17.6 Å². The number of carbonyl (C=O) groups is 1. The first-order valence-electron chi connectivity index (χ1n) is 7.31. The highest BCUT2D eigenvalue weighted by Crippen LogP contribution is 2.18. The van der Waals surface area contributed by atoms with Crippen LogP contribution in [0.4, 0.5) is 9.18 Å². The van der Waals surface area contributed by atoms with Crippen molar-refractivity contribution in [2.24, 2.45) is 0 Å². The van der Waals surface area contributed by atoms with Crippen molar-refractivity contribution in [3.63, 3.8) is 0 Å². The van der Waals surface area contributed by atoms with Crippen molar-refractivity contribution < 1.29 is 22.3 Å². The summed E-state index contributed by atoms with van der Waals surface area (Å²) in [5.74, 6) is -0.337. The van der Waals surface area contributed by atoms with Gasteiger partial charge in [-0.05, 0) is 24.1 Å². The number of carbonyl (C=O) groups excluding carboxylic acids is 1. The Morgan fingerprint density at radius 1 is 1.43 bits per heavy atom. The summed E-state index contributed by atoms with van der Waals surface area (Å²) < 4.78 is 41.3. The predicted molar refractivity (Wildman–Crippen MR) is 84.4 cm³/mol. The van der Waals surface area contributed by atoms with Crippen LogP contribution in [0.1, 0.15) is 18.1 Å². The van der Waals surface area contributed by atoms with E-state index in [2.05, 4.69) is 5.32 Å². The summed E-state index contributed by atoms with van der Waals surface area (Å²) in [5.41, 5.74) is 0.754. The third-order valence-electron chi connectivity index (χ3n) is 4.00. The molecule has 128 valence electrons. The smallest absolute Gasteiger partial charge is 0.317 e. The quantitative estimate of drug-likeness (QED) is 0.875. The molecular formula is C15H21FN2O4S. The second-order valence-electron chi connectivity index (χ2n) is 5.65.